The Labute approximate surface area is 186 Å². The predicted molar refractivity (Wildman–Crippen MR) is 114 cm³/mol. The van der Waals surface area contributed by atoms with Crippen molar-refractivity contribution in [1.29, 1.82) is 0 Å². The second-order valence-corrected chi connectivity index (χ2v) is 9.34. The number of alkyl carbamates (subject to hydrolysis) is 1. The van der Waals surface area contributed by atoms with Crippen LogP contribution < -0.4 is 10.1 Å². The van der Waals surface area contributed by atoms with E-state index in [1.165, 1.54) is 28.4 Å². The Balaban J connectivity index is 2.12. The Morgan fingerprint density at radius 1 is 1.22 bits per heavy atom. The van der Waals surface area contributed by atoms with Crippen molar-refractivity contribution in [3.8, 4) is 5.75 Å². The van der Waals surface area contributed by atoms with Gasteiger partial charge in [0.25, 0.3) is 0 Å². The molecule has 0 radical (unpaired) electrons. The van der Waals surface area contributed by atoms with Gasteiger partial charge in [-0.3, -0.25) is 14.9 Å². The van der Waals surface area contributed by atoms with E-state index in [2.05, 4.69) is 5.32 Å². The molecule has 0 bridgehead atoms. The Morgan fingerprint density at radius 3 is 2.34 bits per heavy atom. The number of nitro groups is 1. The Kier molecular flexibility index (Phi) is 8.38. The molecule has 0 saturated carbocycles. The zero-order valence-corrected chi connectivity index (χ0v) is 19.3. The van der Waals surface area contributed by atoms with Crippen LogP contribution >= 0.6 is 0 Å². The van der Waals surface area contributed by atoms with E-state index >= 15 is 0 Å². The summed E-state index contributed by atoms with van der Waals surface area (Å²) in [6, 6.07) is 2.64. The minimum absolute atomic E-state index is 0.0120. The first-order valence-corrected chi connectivity index (χ1v) is 11.5. The van der Waals surface area contributed by atoms with Crippen LogP contribution in [0.1, 0.15) is 20.8 Å². The molecule has 1 N–H and O–H groups in total. The number of rotatable bonds is 8. The lowest BCUT2D eigenvalue weighted by Gasteiger charge is -2.36. The molecule has 0 spiro atoms. The lowest BCUT2D eigenvalue weighted by Crippen LogP contribution is -2.57. The molecule has 1 unspecified atom stereocenters. The van der Waals surface area contributed by atoms with Crippen molar-refractivity contribution in [3.63, 3.8) is 0 Å². The summed E-state index contributed by atoms with van der Waals surface area (Å²) in [6.07, 6.45) is -0.693. The van der Waals surface area contributed by atoms with Crippen LogP contribution in [0.15, 0.2) is 23.1 Å². The van der Waals surface area contributed by atoms with Crippen molar-refractivity contribution >= 4 is 27.7 Å². The third-order valence-corrected chi connectivity index (χ3v) is 6.91. The molecule has 13 heteroatoms. The molecule has 2 rings (SSSR count). The molecular weight excluding hydrogens is 444 g/mol. The van der Waals surface area contributed by atoms with E-state index in [1.807, 2.05) is 0 Å². The number of methoxy groups -OCH3 is 1. The summed E-state index contributed by atoms with van der Waals surface area (Å²) in [5.41, 5.74) is -0.452. The number of sulfonamides is 1. The van der Waals surface area contributed by atoms with Gasteiger partial charge in [0.1, 0.15) is 6.04 Å². The van der Waals surface area contributed by atoms with Crippen molar-refractivity contribution in [1.82, 2.24) is 14.5 Å². The lowest BCUT2D eigenvalue weighted by atomic mass is 10.0. The topological polar surface area (TPSA) is 148 Å². The second-order valence-electron chi connectivity index (χ2n) is 7.41. The van der Waals surface area contributed by atoms with E-state index in [4.69, 9.17) is 9.47 Å². The summed E-state index contributed by atoms with van der Waals surface area (Å²) in [6.45, 7) is 5.65. The van der Waals surface area contributed by atoms with Crippen molar-refractivity contribution in [2.45, 2.75) is 31.7 Å². The molecular formula is C19H28N4O8S. The molecule has 178 valence electrons. The number of benzene rings is 1. The molecule has 0 aromatic heterocycles. The van der Waals surface area contributed by atoms with Gasteiger partial charge in [-0.2, -0.15) is 4.31 Å². The van der Waals surface area contributed by atoms with E-state index < -0.39 is 32.8 Å². The van der Waals surface area contributed by atoms with Gasteiger partial charge in [-0.05, 0) is 25.0 Å². The lowest BCUT2D eigenvalue weighted by molar-refractivity contribution is -0.386. The quantitative estimate of drug-likeness (QED) is 0.438. The van der Waals surface area contributed by atoms with E-state index in [1.54, 1.807) is 20.8 Å². The Hall–Kier alpha value is -2.93. The molecule has 32 heavy (non-hydrogen) atoms. The van der Waals surface area contributed by atoms with Gasteiger partial charge in [-0.25, -0.2) is 13.2 Å². The summed E-state index contributed by atoms with van der Waals surface area (Å²) < 4.78 is 36.9. The zero-order chi connectivity index (χ0) is 24.1. The van der Waals surface area contributed by atoms with Crippen LogP contribution in [0, 0.1) is 16.0 Å². The second kappa shape index (κ2) is 10.6. The monoisotopic (exact) mass is 472 g/mol. The number of hydrogen-bond donors (Lipinski definition) is 1. The highest BCUT2D eigenvalue weighted by atomic mass is 32.2. The predicted octanol–water partition coefficient (Wildman–Crippen LogP) is 1.21. The standard InChI is InChI=1S/C19H28N4O8S/c1-5-31-19(25)20-17(13(2)3)18(24)21-8-10-22(11-9-21)32(28,29)14-6-7-16(30-4)15(12-14)23(26)27/h6-7,12-13,17H,5,8-11H2,1-4H3,(H,20,25). The number of nitro benzene ring substituents is 1. The van der Waals surface area contributed by atoms with Crippen LogP contribution in [0.5, 0.6) is 5.75 Å². The van der Waals surface area contributed by atoms with E-state index in [-0.39, 0.29) is 55.3 Å². The normalized spacial score (nSPS) is 15.8. The van der Waals surface area contributed by atoms with Crippen LogP contribution in [0.2, 0.25) is 0 Å². The van der Waals surface area contributed by atoms with Crippen molar-refractivity contribution < 1.29 is 32.4 Å². The van der Waals surface area contributed by atoms with Crippen LogP contribution in [-0.4, -0.2) is 80.5 Å². The fourth-order valence-corrected chi connectivity index (χ4v) is 4.72. The number of nitrogens with zero attached hydrogens (tertiary/aromatic N) is 3. The molecule has 0 aliphatic carbocycles. The molecule has 1 fully saturated rings. The fourth-order valence-electron chi connectivity index (χ4n) is 3.28. The zero-order valence-electron chi connectivity index (χ0n) is 18.4. The van der Waals surface area contributed by atoms with Crippen LogP contribution in [0.3, 0.4) is 0 Å². The van der Waals surface area contributed by atoms with Gasteiger partial charge in [-0.1, -0.05) is 13.8 Å². The highest BCUT2D eigenvalue weighted by Gasteiger charge is 2.35. The van der Waals surface area contributed by atoms with Crippen LogP contribution in [0.25, 0.3) is 0 Å². The van der Waals surface area contributed by atoms with Crippen molar-refractivity contribution in [2.75, 3.05) is 39.9 Å². The van der Waals surface area contributed by atoms with Crippen LogP contribution in [-0.2, 0) is 19.6 Å². The SMILES string of the molecule is CCOC(=O)NC(C(=O)N1CCN(S(=O)(=O)c2ccc(OC)c([N+](=O)[O-])c2)CC1)C(C)C. The number of nitrogens with one attached hydrogen (secondary N) is 1. The number of ether oxygens (including phenoxy) is 2. The van der Waals surface area contributed by atoms with Crippen LogP contribution in [0.4, 0.5) is 10.5 Å². The smallest absolute Gasteiger partial charge is 0.407 e. The van der Waals surface area contributed by atoms with E-state index in [9.17, 15) is 28.1 Å². The largest absolute Gasteiger partial charge is 0.490 e. The highest BCUT2D eigenvalue weighted by Crippen LogP contribution is 2.30. The summed E-state index contributed by atoms with van der Waals surface area (Å²) in [5, 5.41) is 13.8. The van der Waals surface area contributed by atoms with Gasteiger partial charge < -0.3 is 19.7 Å². The highest BCUT2D eigenvalue weighted by molar-refractivity contribution is 7.89. The number of carbonyl (C=O) groups is 2. The average Bonchev–Trinajstić information content (AvgIpc) is 2.76. The molecule has 1 aromatic carbocycles. The minimum atomic E-state index is -4.01. The molecule has 2 amide bonds. The maximum atomic E-state index is 13.0. The summed E-state index contributed by atoms with van der Waals surface area (Å²) >= 11 is 0. The van der Waals surface area contributed by atoms with Crippen molar-refractivity contribution in [3.05, 3.63) is 28.3 Å². The maximum Gasteiger partial charge on any atom is 0.407 e. The molecule has 1 aliphatic heterocycles. The molecule has 1 heterocycles. The van der Waals surface area contributed by atoms with Gasteiger partial charge in [0.15, 0.2) is 5.75 Å². The molecule has 1 saturated heterocycles. The molecule has 1 atom stereocenters. The summed E-state index contributed by atoms with van der Waals surface area (Å²) in [5.74, 6) is -0.572. The molecule has 1 aliphatic rings. The minimum Gasteiger partial charge on any atom is -0.490 e. The Morgan fingerprint density at radius 2 is 1.84 bits per heavy atom. The maximum absolute atomic E-state index is 13.0. The van der Waals surface area contributed by atoms with E-state index in [0.717, 1.165) is 6.07 Å². The number of carbonyl (C=O) groups excluding carboxylic acids is 2. The number of hydrogen-bond acceptors (Lipinski definition) is 8. The fraction of sp³-hybridized carbons (Fsp3) is 0.579. The number of piperazine rings is 1. The van der Waals surface area contributed by atoms with Gasteiger partial charge in [0.2, 0.25) is 15.9 Å². The third kappa shape index (κ3) is 5.65. The first-order chi connectivity index (χ1) is 15.0. The molecule has 12 nitrogen and oxygen atoms in total. The Bertz CT molecular complexity index is 958. The average molecular weight is 473 g/mol. The van der Waals surface area contributed by atoms with Gasteiger partial charge in [0.05, 0.1) is 23.5 Å². The van der Waals surface area contributed by atoms with Gasteiger partial charge >= 0.3 is 11.8 Å². The van der Waals surface area contributed by atoms with Gasteiger partial charge in [-0.15, -0.1) is 0 Å². The van der Waals surface area contributed by atoms with Gasteiger partial charge in [0, 0.05) is 32.2 Å². The molecule has 1 aromatic rings. The summed E-state index contributed by atoms with van der Waals surface area (Å²) in [7, 11) is -2.75. The summed E-state index contributed by atoms with van der Waals surface area (Å²) in [4.78, 5) is 36.4. The number of amides is 2. The van der Waals surface area contributed by atoms with Crippen molar-refractivity contribution in [2.24, 2.45) is 5.92 Å². The first kappa shape index (κ1) is 25.3. The first-order valence-electron chi connectivity index (χ1n) is 10.1. The van der Waals surface area contributed by atoms with E-state index in [0.29, 0.717) is 0 Å². The third-order valence-electron chi connectivity index (χ3n) is 5.02.